The molecular weight excluding hydrogens is 484 g/mol. The van der Waals surface area contributed by atoms with Crippen LogP contribution in [-0.4, -0.2) is 9.97 Å². The number of benzene rings is 6. The zero-order chi connectivity index (χ0) is 26.5. The summed E-state index contributed by atoms with van der Waals surface area (Å²) >= 11 is 0. The summed E-state index contributed by atoms with van der Waals surface area (Å²) in [5, 5.41) is 7.05. The van der Waals surface area contributed by atoms with Gasteiger partial charge in [0.05, 0.1) is 16.7 Å². The third-order valence-corrected chi connectivity index (χ3v) is 7.87. The van der Waals surface area contributed by atoms with E-state index in [1.165, 1.54) is 32.8 Å². The Morgan fingerprint density at radius 2 is 1.07 bits per heavy atom. The Balaban J connectivity index is 1.39. The molecule has 2 nitrogen and oxygen atoms in total. The van der Waals surface area contributed by atoms with Crippen molar-refractivity contribution in [2.75, 3.05) is 0 Å². The smallest absolute Gasteiger partial charge is 0.0979 e. The molecule has 186 valence electrons. The summed E-state index contributed by atoms with van der Waals surface area (Å²) in [6, 6.07) is 49.6. The van der Waals surface area contributed by atoms with Gasteiger partial charge in [0.2, 0.25) is 0 Å². The van der Waals surface area contributed by atoms with Crippen LogP contribution in [0.3, 0.4) is 0 Å². The van der Waals surface area contributed by atoms with Crippen molar-refractivity contribution >= 4 is 43.4 Å². The summed E-state index contributed by atoms with van der Waals surface area (Å²) in [7, 11) is 0. The lowest BCUT2D eigenvalue weighted by atomic mass is 9.92. The summed E-state index contributed by atoms with van der Waals surface area (Å²) in [6.45, 7) is 0. The molecule has 8 rings (SSSR count). The minimum absolute atomic E-state index is 0.925. The molecule has 0 atom stereocenters. The van der Waals surface area contributed by atoms with Crippen LogP contribution in [0.15, 0.2) is 146 Å². The van der Waals surface area contributed by atoms with E-state index >= 15 is 0 Å². The molecule has 6 aromatic carbocycles. The molecule has 0 aliphatic carbocycles. The SMILES string of the molecule is c1ccc(-c2nc3c(cc(-c4cccc(-c5ccc6ccccc6c5)c4)c4cccnc43)c3ccccc23)cc1. The van der Waals surface area contributed by atoms with E-state index in [9.17, 15) is 0 Å². The number of aromatic nitrogens is 2. The van der Waals surface area contributed by atoms with E-state index in [4.69, 9.17) is 9.97 Å². The topological polar surface area (TPSA) is 25.8 Å². The summed E-state index contributed by atoms with van der Waals surface area (Å²) in [5.74, 6) is 0. The molecule has 0 radical (unpaired) electrons. The molecule has 0 amide bonds. The Bertz CT molecular complexity index is 2210. The number of rotatable bonds is 3. The van der Waals surface area contributed by atoms with Crippen molar-refractivity contribution in [2.24, 2.45) is 0 Å². The minimum Gasteiger partial charge on any atom is -0.254 e. The van der Waals surface area contributed by atoms with E-state index < -0.39 is 0 Å². The van der Waals surface area contributed by atoms with E-state index in [1.54, 1.807) is 0 Å². The average molecular weight is 509 g/mol. The third kappa shape index (κ3) is 3.65. The lowest BCUT2D eigenvalue weighted by Gasteiger charge is -2.15. The summed E-state index contributed by atoms with van der Waals surface area (Å²) < 4.78 is 0. The predicted molar refractivity (Wildman–Crippen MR) is 168 cm³/mol. The normalized spacial score (nSPS) is 11.5. The Labute approximate surface area is 232 Å². The molecule has 8 aromatic rings. The standard InChI is InChI=1S/C38H24N2/c1-2-11-26(12-3-1)36-32-17-7-6-16-31(32)35-24-34(33-18-9-21-39-37(33)38(35)40-36)30-15-8-14-28(23-30)29-20-19-25-10-4-5-13-27(25)22-29/h1-24H. The number of pyridine rings is 2. The molecule has 40 heavy (non-hydrogen) atoms. The van der Waals surface area contributed by atoms with Crippen LogP contribution in [0.4, 0.5) is 0 Å². The van der Waals surface area contributed by atoms with Gasteiger partial charge in [-0.2, -0.15) is 0 Å². The van der Waals surface area contributed by atoms with Crippen molar-refractivity contribution in [1.29, 1.82) is 0 Å². The quantitative estimate of drug-likeness (QED) is 0.222. The van der Waals surface area contributed by atoms with Crippen molar-refractivity contribution < 1.29 is 0 Å². The molecule has 2 heterocycles. The first-order valence-corrected chi connectivity index (χ1v) is 13.6. The Hall–Kier alpha value is -5.34. The minimum atomic E-state index is 0.925. The van der Waals surface area contributed by atoms with Crippen molar-refractivity contribution in [3.8, 4) is 33.5 Å². The summed E-state index contributed by atoms with van der Waals surface area (Å²) in [4.78, 5) is 10.2. The first-order chi connectivity index (χ1) is 19.8. The molecule has 0 saturated heterocycles. The van der Waals surface area contributed by atoms with E-state index in [1.807, 2.05) is 18.3 Å². The molecule has 0 unspecified atom stereocenters. The van der Waals surface area contributed by atoms with E-state index in [0.29, 0.717) is 0 Å². The zero-order valence-corrected chi connectivity index (χ0v) is 21.8. The number of hydrogen-bond donors (Lipinski definition) is 0. The van der Waals surface area contributed by atoms with Gasteiger partial charge >= 0.3 is 0 Å². The second-order valence-corrected chi connectivity index (χ2v) is 10.2. The molecule has 0 bridgehead atoms. The van der Waals surface area contributed by atoms with Crippen LogP contribution in [0.1, 0.15) is 0 Å². The lowest BCUT2D eigenvalue weighted by molar-refractivity contribution is 1.38. The fraction of sp³-hybridized carbons (Fsp3) is 0. The maximum Gasteiger partial charge on any atom is 0.0979 e. The van der Waals surface area contributed by atoms with Crippen LogP contribution < -0.4 is 0 Å². The van der Waals surface area contributed by atoms with Gasteiger partial charge in [0.1, 0.15) is 0 Å². The first kappa shape index (κ1) is 22.6. The largest absolute Gasteiger partial charge is 0.254 e. The van der Waals surface area contributed by atoms with E-state index in [0.717, 1.165) is 44.0 Å². The van der Waals surface area contributed by atoms with Crippen molar-refractivity contribution in [1.82, 2.24) is 9.97 Å². The highest BCUT2D eigenvalue weighted by molar-refractivity contribution is 6.20. The van der Waals surface area contributed by atoms with Crippen molar-refractivity contribution in [3.05, 3.63) is 146 Å². The van der Waals surface area contributed by atoms with Gasteiger partial charge in [-0.25, -0.2) is 4.98 Å². The van der Waals surface area contributed by atoms with Crippen LogP contribution >= 0.6 is 0 Å². The monoisotopic (exact) mass is 508 g/mol. The number of hydrogen-bond acceptors (Lipinski definition) is 2. The molecule has 2 aromatic heterocycles. The first-order valence-electron chi connectivity index (χ1n) is 13.6. The van der Waals surface area contributed by atoms with Crippen LogP contribution in [0.2, 0.25) is 0 Å². The Morgan fingerprint density at radius 3 is 1.98 bits per heavy atom. The van der Waals surface area contributed by atoms with Crippen molar-refractivity contribution in [3.63, 3.8) is 0 Å². The molecule has 2 heteroatoms. The molecule has 0 fully saturated rings. The maximum absolute atomic E-state index is 5.27. The van der Waals surface area contributed by atoms with Gasteiger partial charge in [0, 0.05) is 27.9 Å². The van der Waals surface area contributed by atoms with Crippen LogP contribution in [-0.2, 0) is 0 Å². The lowest BCUT2D eigenvalue weighted by Crippen LogP contribution is -1.94. The van der Waals surface area contributed by atoms with Gasteiger partial charge in [-0.3, -0.25) is 4.98 Å². The van der Waals surface area contributed by atoms with Gasteiger partial charge in [-0.15, -0.1) is 0 Å². The molecular formula is C38H24N2. The fourth-order valence-electron chi connectivity index (χ4n) is 5.93. The van der Waals surface area contributed by atoms with Gasteiger partial charge in [0.15, 0.2) is 0 Å². The van der Waals surface area contributed by atoms with Gasteiger partial charge < -0.3 is 0 Å². The maximum atomic E-state index is 5.27. The molecule has 0 N–H and O–H groups in total. The molecule has 0 spiro atoms. The Kier molecular flexibility index (Phi) is 5.17. The van der Waals surface area contributed by atoms with Gasteiger partial charge in [0.25, 0.3) is 0 Å². The highest BCUT2D eigenvalue weighted by Crippen LogP contribution is 2.40. The van der Waals surface area contributed by atoms with Gasteiger partial charge in [-0.05, 0) is 62.7 Å². The predicted octanol–water partition coefficient (Wildman–Crippen LogP) is 10.1. The van der Waals surface area contributed by atoms with Crippen LogP contribution in [0, 0.1) is 0 Å². The van der Waals surface area contributed by atoms with Crippen molar-refractivity contribution in [2.45, 2.75) is 0 Å². The second kappa shape index (κ2) is 9.14. The van der Waals surface area contributed by atoms with E-state index in [2.05, 4.69) is 127 Å². The highest BCUT2D eigenvalue weighted by atomic mass is 14.8. The fourth-order valence-corrected chi connectivity index (χ4v) is 5.93. The Morgan fingerprint density at radius 1 is 0.375 bits per heavy atom. The highest BCUT2D eigenvalue weighted by Gasteiger charge is 2.16. The second-order valence-electron chi connectivity index (χ2n) is 10.2. The molecule has 0 saturated carbocycles. The average Bonchev–Trinajstić information content (AvgIpc) is 3.04. The molecule has 0 aliphatic heterocycles. The summed E-state index contributed by atoms with van der Waals surface area (Å²) in [5.41, 5.74) is 8.70. The number of fused-ring (bicyclic) bond motifs is 6. The molecule has 0 aliphatic rings. The summed E-state index contributed by atoms with van der Waals surface area (Å²) in [6.07, 6.45) is 1.87. The zero-order valence-electron chi connectivity index (χ0n) is 21.8. The van der Waals surface area contributed by atoms with Crippen LogP contribution in [0.5, 0.6) is 0 Å². The third-order valence-electron chi connectivity index (χ3n) is 7.87. The number of nitrogens with zero attached hydrogens (tertiary/aromatic N) is 2. The van der Waals surface area contributed by atoms with E-state index in [-0.39, 0.29) is 0 Å². The van der Waals surface area contributed by atoms with Crippen LogP contribution in [0.25, 0.3) is 76.9 Å². The van der Waals surface area contributed by atoms with Gasteiger partial charge in [-0.1, -0.05) is 115 Å².